The molecule has 0 rings (SSSR count). The van der Waals surface area contributed by atoms with E-state index < -0.39 is 114 Å². The van der Waals surface area contributed by atoms with Crippen LogP contribution in [0.5, 0.6) is 0 Å². The van der Waals surface area contributed by atoms with E-state index in [0.29, 0.717) is 0 Å². The average Bonchev–Trinajstić information content (AvgIpc) is 2.85. The fourth-order valence-electron chi connectivity index (χ4n) is 3.51. The SMILES string of the molecule is C[N+](C)(CCCC(F)(F)C(F)(F)C(F)(F)C(F)(F)C(F)(F)C(F)(F)C(F)(F)C(F)(F)C(F)(F)C(F)(F)C(F)(F)C(F)(F)C(F)(F)F)CC(=O)O. The molecule has 3 nitrogen and oxygen atoms in total. The van der Waals surface area contributed by atoms with Crippen molar-refractivity contribution in [1.29, 1.82) is 0 Å². The molecule has 0 bridgehead atoms. The van der Waals surface area contributed by atoms with Gasteiger partial charge in [0.15, 0.2) is 6.54 Å². The Bertz CT molecular complexity index is 1230. The Labute approximate surface area is 257 Å². The average molecular weight is 814 g/mol. The monoisotopic (exact) mass is 814 g/mol. The van der Waals surface area contributed by atoms with Crippen LogP contribution in [0.1, 0.15) is 12.8 Å². The maximum absolute atomic E-state index is 14.0. The summed E-state index contributed by atoms with van der Waals surface area (Å²) >= 11 is 0. The van der Waals surface area contributed by atoms with Gasteiger partial charge in [0.25, 0.3) is 0 Å². The fraction of sp³-hybridized carbons (Fsp3) is 0.950. The maximum Gasteiger partial charge on any atom is 0.460 e. The largest absolute Gasteiger partial charge is 0.477 e. The van der Waals surface area contributed by atoms with Crippen molar-refractivity contribution in [1.82, 2.24) is 0 Å². The maximum atomic E-state index is 14.0. The van der Waals surface area contributed by atoms with E-state index in [-0.39, 0.29) is 0 Å². The first-order valence-corrected chi connectivity index (χ1v) is 11.8. The predicted molar refractivity (Wildman–Crippen MR) is 104 cm³/mol. The quantitative estimate of drug-likeness (QED) is 0.118. The summed E-state index contributed by atoms with van der Waals surface area (Å²) in [5, 5.41) is 8.58. The molecule has 0 atom stereocenters. The van der Waals surface area contributed by atoms with Gasteiger partial charge in [0.05, 0.1) is 20.6 Å². The summed E-state index contributed by atoms with van der Waals surface area (Å²) in [7, 11) is 1.60. The van der Waals surface area contributed by atoms with E-state index >= 15 is 0 Å². The van der Waals surface area contributed by atoms with Crippen molar-refractivity contribution < 1.29 is 133 Å². The van der Waals surface area contributed by atoms with Crippen molar-refractivity contribution in [3.05, 3.63) is 0 Å². The molecule has 1 N–H and O–H groups in total. The summed E-state index contributed by atoms with van der Waals surface area (Å²) in [6.07, 6.45) is -12.9. The number of nitrogens with zero attached hydrogens (tertiary/aromatic N) is 1. The van der Waals surface area contributed by atoms with Crippen molar-refractivity contribution in [2.24, 2.45) is 0 Å². The van der Waals surface area contributed by atoms with Gasteiger partial charge < -0.3 is 9.59 Å². The van der Waals surface area contributed by atoms with Gasteiger partial charge >= 0.3 is 83.2 Å². The summed E-state index contributed by atoms with van der Waals surface area (Å²) < 4.78 is 364. The molecule has 0 amide bonds. The van der Waals surface area contributed by atoms with E-state index in [1.807, 2.05) is 0 Å². The number of hydrogen-bond acceptors (Lipinski definition) is 1. The third-order valence-electron chi connectivity index (χ3n) is 6.58. The zero-order valence-corrected chi connectivity index (χ0v) is 23.3. The molecule has 0 aromatic rings. The summed E-state index contributed by atoms with van der Waals surface area (Å²) in [6, 6.07) is 0. The van der Waals surface area contributed by atoms with Crippen molar-refractivity contribution >= 4 is 5.97 Å². The molecule has 0 saturated carbocycles. The highest BCUT2D eigenvalue weighted by Gasteiger charge is 3.00. The Morgan fingerprint density at radius 3 is 0.860 bits per heavy atom. The van der Waals surface area contributed by atoms with Crippen LogP contribution < -0.4 is 0 Å². The van der Waals surface area contributed by atoms with Crippen LogP contribution >= 0.6 is 0 Å². The Morgan fingerprint density at radius 1 is 0.420 bits per heavy atom. The molecule has 0 aliphatic heterocycles. The Kier molecular flexibility index (Phi) is 11.7. The Balaban J connectivity index is 7.17. The molecule has 0 fully saturated rings. The molecule has 0 unspecified atom stereocenters. The van der Waals surface area contributed by atoms with Crippen molar-refractivity contribution in [2.45, 2.75) is 90.1 Å². The van der Waals surface area contributed by atoms with Gasteiger partial charge in [0.2, 0.25) is 0 Å². The van der Waals surface area contributed by atoms with Gasteiger partial charge in [0.1, 0.15) is 0 Å². The lowest BCUT2D eigenvalue weighted by Crippen LogP contribution is -2.78. The van der Waals surface area contributed by atoms with Gasteiger partial charge in [-0.2, -0.15) is 119 Å². The second-order valence-corrected chi connectivity index (χ2v) is 10.8. The minimum atomic E-state index is -9.80. The first-order chi connectivity index (χ1) is 21.1. The molecular formula is C20H15F27NO2+. The van der Waals surface area contributed by atoms with Crippen molar-refractivity contribution in [2.75, 3.05) is 27.2 Å². The Morgan fingerprint density at radius 2 is 0.640 bits per heavy atom. The van der Waals surface area contributed by atoms with Crippen LogP contribution in [-0.4, -0.2) is 120 Å². The molecular weight excluding hydrogens is 799 g/mol. The van der Waals surface area contributed by atoms with Crippen LogP contribution in [0.25, 0.3) is 0 Å². The number of carboxylic acids is 1. The number of hydrogen-bond donors (Lipinski definition) is 1. The number of rotatable bonds is 17. The zero-order chi connectivity index (χ0) is 41.4. The lowest BCUT2D eigenvalue weighted by molar-refractivity contribution is -0.883. The molecule has 0 aromatic heterocycles. The minimum Gasteiger partial charge on any atom is -0.477 e. The molecule has 30 heteroatoms. The summed E-state index contributed by atoms with van der Waals surface area (Å²) in [6.45, 7) is -2.20. The molecule has 0 aliphatic carbocycles. The lowest BCUT2D eigenvalue weighted by atomic mass is 9.83. The molecule has 0 aromatic carbocycles. The zero-order valence-electron chi connectivity index (χ0n) is 23.3. The number of halogens is 27. The standard InChI is InChI=1S/C20H14F27NO2/c1-48(2,6-7(49)50)5-3-4-8(21,22)9(23,24)10(25,26)11(27,28)12(29,30)13(31,32)14(33,34)15(35,36)16(37,38)17(39,40)18(41,42)19(43,44)20(45,46)47/h3-6H2,1-2H3/p+1. The first kappa shape index (κ1) is 47.5. The third kappa shape index (κ3) is 6.43. The van der Waals surface area contributed by atoms with E-state index in [4.69, 9.17) is 5.11 Å². The van der Waals surface area contributed by atoms with Crippen LogP contribution in [0.3, 0.4) is 0 Å². The summed E-state index contributed by atoms with van der Waals surface area (Å²) in [5.41, 5.74) is 0. The van der Waals surface area contributed by atoms with Gasteiger partial charge in [-0.3, -0.25) is 0 Å². The molecule has 0 spiro atoms. The van der Waals surface area contributed by atoms with E-state index in [2.05, 4.69) is 0 Å². The van der Waals surface area contributed by atoms with E-state index in [1.54, 1.807) is 0 Å². The number of carboxylic acid groups (broad SMARTS) is 1. The fourth-order valence-corrected chi connectivity index (χ4v) is 3.51. The summed E-state index contributed by atoms with van der Waals surface area (Å²) in [4.78, 5) is 10.6. The van der Waals surface area contributed by atoms with Crippen LogP contribution in [0.2, 0.25) is 0 Å². The highest BCUT2D eigenvalue weighted by Crippen LogP contribution is 2.68. The number of alkyl halides is 27. The van der Waals surface area contributed by atoms with Crippen molar-refractivity contribution in [3.63, 3.8) is 0 Å². The van der Waals surface area contributed by atoms with E-state index in [9.17, 15) is 123 Å². The van der Waals surface area contributed by atoms with Gasteiger partial charge in [-0.25, -0.2) is 4.79 Å². The minimum absolute atomic E-state index is 0.800. The summed E-state index contributed by atoms with van der Waals surface area (Å²) in [5.74, 6) is -111. The van der Waals surface area contributed by atoms with Crippen LogP contribution in [-0.2, 0) is 4.79 Å². The molecule has 0 aliphatic rings. The van der Waals surface area contributed by atoms with Gasteiger partial charge in [0, 0.05) is 12.8 Å². The number of carbonyl (C=O) groups is 1. The number of aliphatic carboxylic acids is 1. The first-order valence-electron chi connectivity index (χ1n) is 11.8. The molecule has 0 heterocycles. The molecule has 50 heavy (non-hydrogen) atoms. The normalized spacial score (nSPS) is 16.6. The topological polar surface area (TPSA) is 37.3 Å². The molecule has 300 valence electrons. The second-order valence-electron chi connectivity index (χ2n) is 10.8. The molecule has 0 radical (unpaired) electrons. The van der Waals surface area contributed by atoms with Crippen LogP contribution in [0, 0.1) is 0 Å². The van der Waals surface area contributed by atoms with E-state index in [1.165, 1.54) is 0 Å². The van der Waals surface area contributed by atoms with Gasteiger partial charge in [-0.05, 0) is 0 Å². The van der Waals surface area contributed by atoms with Gasteiger partial charge in [-0.1, -0.05) is 0 Å². The van der Waals surface area contributed by atoms with Crippen LogP contribution in [0.15, 0.2) is 0 Å². The number of likely N-dealkylation sites (N-methyl/N-ethyl adjacent to an activating group) is 1. The Hall–Kier alpha value is -2.46. The molecule has 0 saturated heterocycles. The van der Waals surface area contributed by atoms with Crippen molar-refractivity contribution in [3.8, 4) is 0 Å². The lowest BCUT2D eigenvalue weighted by Gasteiger charge is -2.46. The highest BCUT2D eigenvalue weighted by molar-refractivity contribution is 5.67. The predicted octanol–water partition coefficient (Wildman–Crippen LogP) is 9.11. The number of quaternary nitrogens is 1. The second kappa shape index (κ2) is 12.3. The van der Waals surface area contributed by atoms with E-state index in [0.717, 1.165) is 14.1 Å². The third-order valence-corrected chi connectivity index (χ3v) is 6.58. The smallest absolute Gasteiger partial charge is 0.460 e. The highest BCUT2D eigenvalue weighted by atomic mass is 19.4. The van der Waals surface area contributed by atoms with Gasteiger partial charge in [-0.15, -0.1) is 0 Å². The van der Waals surface area contributed by atoms with Crippen LogP contribution in [0.4, 0.5) is 119 Å².